The lowest BCUT2D eigenvalue weighted by molar-refractivity contribution is 0.0398. The molecule has 1 aliphatic rings. The molecule has 33 heavy (non-hydrogen) atoms. The van der Waals surface area contributed by atoms with Crippen LogP contribution < -0.4 is 21.3 Å². The van der Waals surface area contributed by atoms with Crippen molar-refractivity contribution in [3.63, 3.8) is 0 Å². The van der Waals surface area contributed by atoms with Gasteiger partial charge in [-0.15, -0.1) is 0 Å². The number of aromatic nitrogens is 4. The second-order valence-corrected chi connectivity index (χ2v) is 8.08. The molecule has 11 heteroatoms. The Labute approximate surface area is 190 Å². The van der Waals surface area contributed by atoms with Gasteiger partial charge in [-0.25, -0.2) is 4.79 Å². The maximum atomic E-state index is 12.9. The van der Waals surface area contributed by atoms with Gasteiger partial charge in [-0.1, -0.05) is 18.2 Å². The number of aliphatic hydroxyl groups excluding tert-OH is 1. The summed E-state index contributed by atoms with van der Waals surface area (Å²) in [7, 11) is 3.01. The molecule has 11 nitrogen and oxygen atoms in total. The van der Waals surface area contributed by atoms with E-state index in [9.17, 15) is 14.7 Å². The lowest BCUT2D eigenvalue weighted by Crippen LogP contribution is -2.39. The smallest absolute Gasteiger partial charge is 0.332 e. The van der Waals surface area contributed by atoms with Crippen LogP contribution in [0.2, 0.25) is 0 Å². The van der Waals surface area contributed by atoms with Crippen molar-refractivity contribution in [2.45, 2.75) is 12.6 Å². The normalized spacial score (nSPS) is 15.6. The first-order valence-corrected chi connectivity index (χ1v) is 11.0. The van der Waals surface area contributed by atoms with E-state index in [2.05, 4.69) is 15.2 Å². The number of nitrogens with one attached hydrogen (secondary N) is 1. The van der Waals surface area contributed by atoms with Gasteiger partial charge in [-0.05, 0) is 12.1 Å². The van der Waals surface area contributed by atoms with E-state index in [1.165, 1.54) is 11.6 Å². The Kier molecular flexibility index (Phi) is 7.11. The van der Waals surface area contributed by atoms with Crippen molar-refractivity contribution in [1.82, 2.24) is 23.6 Å². The number of para-hydroxylation sites is 1. The van der Waals surface area contributed by atoms with Crippen molar-refractivity contribution in [2.24, 2.45) is 14.1 Å². The highest BCUT2D eigenvalue weighted by Gasteiger charge is 2.21. The van der Waals surface area contributed by atoms with Gasteiger partial charge in [0.25, 0.3) is 5.56 Å². The number of benzene rings is 1. The monoisotopic (exact) mass is 458 g/mol. The van der Waals surface area contributed by atoms with Crippen molar-refractivity contribution < 1.29 is 14.6 Å². The maximum Gasteiger partial charge on any atom is 0.332 e. The molecule has 0 spiro atoms. The van der Waals surface area contributed by atoms with Crippen LogP contribution in [0.3, 0.4) is 0 Å². The Morgan fingerprint density at radius 2 is 1.88 bits per heavy atom. The van der Waals surface area contributed by atoms with Gasteiger partial charge in [-0.3, -0.25) is 18.8 Å². The third-order valence-corrected chi connectivity index (χ3v) is 5.74. The molecule has 1 atom stereocenters. The van der Waals surface area contributed by atoms with Gasteiger partial charge < -0.3 is 24.5 Å². The van der Waals surface area contributed by atoms with E-state index in [0.29, 0.717) is 31.5 Å². The number of rotatable bonds is 9. The first-order valence-electron chi connectivity index (χ1n) is 11.0. The molecule has 3 aromatic rings. The summed E-state index contributed by atoms with van der Waals surface area (Å²) < 4.78 is 15.1. The summed E-state index contributed by atoms with van der Waals surface area (Å²) in [6, 6.07) is 9.21. The zero-order valence-corrected chi connectivity index (χ0v) is 18.9. The number of fused-ring (bicyclic) bond motifs is 1. The maximum absolute atomic E-state index is 12.9. The Bertz CT molecular complexity index is 1200. The predicted octanol–water partition coefficient (Wildman–Crippen LogP) is -0.382. The summed E-state index contributed by atoms with van der Waals surface area (Å²) in [6.07, 6.45) is -0.899. The van der Waals surface area contributed by atoms with Gasteiger partial charge in [0.1, 0.15) is 18.5 Å². The van der Waals surface area contributed by atoms with Crippen molar-refractivity contribution >= 4 is 17.1 Å². The standard InChI is InChI=1S/C22H30N6O5/c1-25-19-18(20(30)26(2)22(25)31)28(14-16(29)15-33-17-6-4-3-5-7-17)21(24-19)23-8-9-27-10-12-32-13-11-27/h3-7,16,29H,8-15H2,1-2H3,(H,23,24)/t16-/m0/s1. The molecule has 0 amide bonds. The van der Waals surface area contributed by atoms with Crippen LogP contribution in [-0.4, -0.2) is 80.8 Å². The van der Waals surface area contributed by atoms with Crippen molar-refractivity contribution in [2.75, 3.05) is 51.3 Å². The molecule has 0 aliphatic carbocycles. The number of ether oxygens (including phenoxy) is 2. The zero-order valence-electron chi connectivity index (χ0n) is 18.9. The number of aryl methyl sites for hydroxylation is 1. The molecular formula is C22H30N6O5. The van der Waals surface area contributed by atoms with Crippen LogP contribution in [0.5, 0.6) is 5.75 Å². The van der Waals surface area contributed by atoms with Crippen molar-refractivity contribution in [1.29, 1.82) is 0 Å². The van der Waals surface area contributed by atoms with Gasteiger partial charge in [-0.2, -0.15) is 4.98 Å². The van der Waals surface area contributed by atoms with Crippen LogP contribution in [0.1, 0.15) is 0 Å². The van der Waals surface area contributed by atoms with Gasteiger partial charge in [0.15, 0.2) is 11.2 Å². The molecule has 178 valence electrons. The average molecular weight is 459 g/mol. The van der Waals surface area contributed by atoms with Crippen LogP contribution >= 0.6 is 0 Å². The molecule has 3 heterocycles. The van der Waals surface area contributed by atoms with Gasteiger partial charge in [0.05, 0.1) is 19.8 Å². The van der Waals surface area contributed by atoms with Gasteiger partial charge in [0.2, 0.25) is 5.95 Å². The number of hydrogen-bond donors (Lipinski definition) is 2. The van der Waals surface area contributed by atoms with Crippen LogP contribution in [0.4, 0.5) is 5.95 Å². The minimum atomic E-state index is -0.899. The summed E-state index contributed by atoms with van der Waals surface area (Å²) in [5.74, 6) is 1.07. The third kappa shape index (κ3) is 5.10. The first-order chi connectivity index (χ1) is 16.0. The molecule has 0 bridgehead atoms. The van der Waals surface area contributed by atoms with E-state index in [1.807, 2.05) is 30.3 Å². The van der Waals surface area contributed by atoms with E-state index in [4.69, 9.17) is 9.47 Å². The third-order valence-electron chi connectivity index (χ3n) is 5.74. The molecule has 1 fully saturated rings. The molecule has 2 aromatic heterocycles. The minimum absolute atomic E-state index is 0.0446. The SMILES string of the molecule is Cn1c(=O)c2c(nc(NCCN3CCOCC3)n2C[C@H](O)COc2ccccc2)n(C)c1=O. The van der Waals surface area contributed by atoms with Crippen LogP contribution in [0.15, 0.2) is 39.9 Å². The van der Waals surface area contributed by atoms with E-state index in [-0.39, 0.29) is 24.3 Å². The molecule has 0 saturated carbocycles. The van der Waals surface area contributed by atoms with Crippen molar-refractivity contribution in [3.8, 4) is 5.75 Å². The second kappa shape index (κ2) is 10.2. The molecule has 1 saturated heterocycles. The number of nitrogens with zero attached hydrogens (tertiary/aromatic N) is 5. The lowest BCUT2D eigenvalue weighted by atomic mass is 10.3. The fourth-order valence-electron chi connectivity index (χ4n) is 3.88. The molecule has 1 aromatic carbocycles. The largest absolute Gasteiger partial charge is 0.491 e. The Balaban J connectivity index is 1.57. The highest BCUT2D eigenvalue weighted by atomic mass is 16.5. The fraction of sp³-hybridized carbons (Fsp3) is 0.500. The molecule has 0 unspecified atom stereocenters. The van der Waals surface area contributed by atoms with E-state index >= 15 is 0 Å². The summed E-state index contributed by atoms with van der Waals surface area (Å²) in [5, 5.41) is 14.0. The Morgan fingerprint density at radius 1 is 1.15 bits per heavy atom. The molecular weight excluding hydrogens is 428 g/mol. The molecule has 2 N–H and O–H groups in total. The quantitative estimate of drug-likeness (QED) is 0.446. The summed E-state index contributed by atoms with van der Waals surface area (Å²) in [6.45, 7) is 4.65. The van der Waals surface area contributed by atoms with Crippen LogP contribution in [-0.2, 0) is 25.4 Å². The number of morpholine rings is 1. The van der Waals surface area contributed by atoms with Gasteiger partial charge in [0, 0.05) is 40.3 Å². The van der Waals surface area contributed by atoms with Crippen molar-refractivity contribution in [3.05, 3.63) is 51.2 Å². The van der Waals surface area contributed by atoms with E-state index in [0.717, 1.165) is 24.2 Å². The summed E-state index contributed by atoms with van der Waals surface area (Å²) in [4.78, 5) is 32.2. The lowest BCUT2D eigenvalue weighted by Gasteiger charge is -2.26. The number of anilines is 1. The highest BCUT2D eigenvalue weighted by Crippen LogP contribution is 2.17. The second-order valence-electron chi connectivity index (χ2n) is 8.08. The Hall–Kier alpha value is -3.15. The molecule has 1 aliphatic heterocycles. The topological polar surface area (TPSA) is 116 Å². The van der Waals surface area contributed by atoms with Crippen LogP contribution in [0.25, 0.3) is 11.2 Å². The van der Waals surface area contributed by atoms with Crippen LogP contribution in [0, 0.1) is 0 Å². The van der Waals surface area contributed by atoms with E-state index < -0.39 is 17.4 Å². The Morgan fingerprint density at radius 3 is 2.61 bits per heavy atom. The first kappa shape index (κ1) is 23.0. The predicted molar refractivity (Wildman–Crippen MR) is 124 cm³/mol. The summed E-state index contributed by atoms with van der Waals surface area (Å²) >= 11 is 0. The fourth-order valence-corrected chi connectivity index (χ4v) is 3.88. The highest BCUT2D eigenvalue weighted by molar-refractivity contribution is 5.74. The molecule has 0 radical (unpaired) electrons. The minimum Gasteiger partial charge on any atom is -0.491 e. The number of hydrogen-bond acceptors (Lipinski definition) is 8. The zero-order chi connectivity index (χ0) is 23.4. The summed E-state index contributed by atoms with van der Waals surface area (Å²) in [5.41, 5.74) is -0.386. The van der Waals surface area contributed by atoms with E-state index in [1.54, 1.807) is 11.6 Å². The average Bonchev–Trinajstić information content (AvgIpc) is 3.19. The number of aliphatic hydroxyl groups is 1. The number of imidazole rings is 1. The molecule has 4 rings (SSSR count). The van der Waals surface area contributed by atoms with Gasteiger partial charge >= 0.3 is 5.69 Å².